The fourth-order valence-electron chi connectivity index (χ4n) is 1.66. The SMILES string of the molecule is c1ccc(CNc2ccc3ncsc3c2)nc1. The molecule has 0 unspecified atom stereocenters. The van der Waals surface area contributed by atoms with E-state index in [9.17, 15) is 0 Å². The number of nitrogens with one attached hydrogen (secondary N) is 1. The van der Waals surface area contributed by atoms with Crippen molar-refractivity contribution in [3.63, 3.8) is 0 Å². The molecule has 0 atom stereocenters. The van der Waals surface area contributed by atoms with E-state index in [4.69, 9.17) is 0 Å². The van der Waals surface area contributed by atoms with Gasteiger partial charge in [0.2, 0.25) is 0 Å². The van der Waals surface area contributed by atoms with Crippen molar-refractivity contribution in [3.05, 3.63) is 53.8 Å². The minimum Gasteiger partial charge on any atom is -0.379 e. The van der Waals surface area contributed by atoms with Crippen molar-refractivity contribution in [1.29, 1.82) is 0 Å². The van der Waals surface area contributed by atoms with Crippen LogP contribution in [0, 0.1) is 0 Å². The third kappa shape index (κ3) is 2.26. The summed E-state index contributed by atoms with van der Waals surface area (Å²) in [6.45, 7) is 0.741. The maximum atomic E-state index is 4.27. The molecule has 1 N–H and O–H groups in total. The third-order valence-electron chi connectivity index (χ3n) is 2.53. The van der Waals surface area contributed by atoms with Crippen molar-refractivity contribution in [1.82, 2.24) is 9.97 Å². The average molecular weight is 241 g/mol. The monoisotopic (exact) mass is 241 g/mol. The summed E-state index contributed by atoms with van der Waals surface area (Å²) >= 11 is 1.66. The van der Waals surface area contributed by atoms with Gasteiger partial charge in [-0.05, 0) is 30.3 Å². The number of fused-ring (bicyclic) bond motifs is 1. The quantitative estimate of drug-likeness (QED) is 0.764. The van der Waals surface area contributed by atoms with Crippen LogP contribution >= 0.6 is 11.3 Å². The van der Waals surface area contributed by atoms with Crippen LogP contribution in [0.5, 0.6) is 0 Å². The number of pyridine rings is 1. The first kappa shape index (κ1) is 10.2. The number of anilines is 1. The third-order valence-corrected chi connectivity index (χ3v) is 3.32. The van der Waals surface area contributed by atoms with Crippen molar-refractivity contribution in [3.8, 4) is 0 Å². The zero-order chi connectivity index (χ0) is 11.5. The van der Waals surface area contributed by atoms with Crippen molar-refractivity contribution in [2.75, 3.05) is 5.32 Å². The molecule has 0 aliphatic rings. The van der Waals surface area contributed by atoms with Gasteiger partial charge in [0.25, 0.3) is 0 Å². The predicted molar refractivity (Wildman–Crippen MR) is 71.2 cm³/mol. The van der Waals surface area contributed by atoms with E-state index in [1.165, 1.54) is 4.70 Å². The molecule has 0 amide bonds. The van der Waals surface area contributed by atoms with E-state index in [-0.39, 0.29) is 0 Å². The average Bonchev–Trinajstić information content (AvgIpc) is 2.85. The van der Waals surface area contributed by atoms with E-state index in [1.54, 1.807) is 11.3 Å². The highest BCUT2D eigenvalue weighted by molar-refractivity contribution is 7.16. The van der Waals surface area contributed by atoms with Gasteiger partial charge in [0.05, 0.1) is 28.0 Å². The number of hydrogen-bond donors (Lipinski definition) is 1. The Kier molecular flexibility index (Phi) is 2.71. The van der Waals surface area contributed by atoms with Crippen LogP contribution in [0.15, 0.2) is 48.1 Å². The van der Waals surface area contributed by atoms with Gasteiger partial charge in [0, 0.05) is 11.9 Å². The number of rotatable bonds is 3. The van der Waals surface area contributed by atoms with Gasteiger partial charge in [0.15, 0.2) is 0 Å². The highest BCUT2D eigenvalue weighted by atomic mass is 32.1. The second-order valence-corrected chi connectivity index (χ2v) is 4.60. The summed E-state index contributed by atoms with van der Waals surface area (Å²) in [5.74, 6) is 0. The van der Waals surface area contributed by atoms with E-state index in [2.05, 4.69) is 21.4 Å². The molecule has 17 heavy (non-hydrogen) atoms. The summed E-state index contributed by atoms with van der Waals surface area (Å²) in [4.78, 5) is 8.53. The summed E-state index contributed by atoms with van der Waals surface area (Å²) in [7, 11) is 0. The van der Waals surface area contributed by atoms with Crippen LogP contribution in [-0.4, -0.2) is 9.97 Å². The molecule has 1 aromatic carbocycles. The molecule has 0 aliphatic heterocycles. The molecule has 84 valence electrons. The molecule has 2 heterocycles. The van der Waals surface area contributed by atoms with E-state index >= 15 is 0 Å². The second kappa shape index (κ2) is 4.51. The van der Waals surface area contributed by atoms with Gasteiger partial charge in [0.1, 0.15) is 0 Å². The zero-order valence-electron chi connectivity index (χ0n) is 9.13. The lowest BCUT2D eigenvalue weighted by Crippen LogP contribution is -2.00. The van der Waals surface area contributed by atoms with Crippen molar-refractivity contribution < 1.29 is 0 Å². The van der Waals surface area contributed by atoms with Gasteiger partial charge < -0.3 is 5.32 Å². The van der Waals surface area contributed by atoms with Gasteiger partial charge in [-0.1, -0.05) is 6.07 Å². The molecule has 3 aromatic rings. The lowest BCUT2D eigenvalue weighted by atomic mass is 10.3. The normalized spacial score (nSPS) is 10.6. The Hall–Kier alpha value is -1.94. The zero-order valence-corrected chi connectivity index (χ0v) is 9.95. The number of benzene rings is 1. The van der Waals surface area contributed by atoms with Gasteiger partial charge in [-0.2, -0.15) is 0 Å². The largest absolute Gasteiger partial charge is 0.379 e. The fraction of sp³-hybridized carbons (Fsp3) is 0.0769. The number of hydrogen-bond acceptors (Lipinski definition) is 4. The highest BCUT2D eigenvalue weighted by Crippen LogP contribution is 2.21. The molecule has 2 aromatic heterocycles. The first-order chi connectivity index (χ1) is 8.42. The van der Waals surface area contributed by atoms with E-state index in [1.807, 2.05) is 42.0 Å². The molecule has 0 saturated carbocycles. The van der Waals surface area contributed by atoms with E-state index in [0.29, 0.717) is 0 Å². The fourth-order valence-corrected chi connectivity index (χ4v) is 2.38. The molecular weight excluding hydrogens is 230 g/mol. The number of thiazole rings is 1. The second-order valence-electron chi connectivity index (χ2n) is 3.71. The molecule has 3 nitrogen and oxygen atoms in total. The van der Waals surface area contributed by atoms with Crippen LogP contribution in [0.25, 0.3) is 10.2 Å². The van der Waals surface area contributed by atoms with Crippen LogP contribution in [0.3, 0.4) is 0 Å². The molecule has 0 bridgehead atoms. The smallest absolute Gasteiger partial charge is 0.0813 e. The molecular formula is C13H11N3S. The van der Waals surface area contributed by atoms with Crippen LogP contribution in [-0.2, 0) is 6.54 Å². The first-order valence-electron chi connectivity index (χ1n) is 5.39. The van der Waals surface area contributed by atoms with Gasteiger partial charge >= 0.3 is 0 Å². The minimum absolute atomic E-state index is 0.741. The summed E-state index contributed by atoms with van der Waals surface area (Å²) in [5.41, 5.74) is 5.07. The van der Waals surface area contributed by atoms with E-state index < -0.39 is 0 Å². The van der Waals surface area contributed by atoms with Crippen molar-refractivity contribution in [2.24, 2.45) is 0 Å². The Morgan fingerprint density at radius 3 is 3.00 bits per heavy atom. The predicted octanol–water partition coefficient (Wildman–Crippen LogP) is 3.30. The lowest BCUT2D eigenvalue weighted by molar-refractivity contribution is 1.05. The Bertz CT molecular complexity index is 619. The maximum absolute atomic E-state index is 4.27. The Morgan fingerprint density at radius 2 is 2.12 bits per heavy atom. The summed E-state index contributed by atoms with van der Waals surface area (Å²) in [5, 5.41) is 3.36. The Morgan fingerprint density at radius 1 is 1.12 bits per heavy atom. The molecule has 0 spiro atoms. The van der Waals surface area contributed by atoms with Crippen molar-refractivity contribution >= 4 is 27.2 Å². The Balaban J connectivity index is 1.76. The lowest BCUT2D eigenvalue weighted by Gasteiger charge is -2.05. The molecule has 0 aliphatic carbocycles. The maximum Gasteiger partial charge on any atom is 0.0813 e. The van der Waals surface area contributed by atoms with Crippen LogP contribution in [0.1, 0.15) is 5.69 Å². The van der Waals surface area contributed by atoms with Crippen LogP contribution in [0.4, 0.5) is 5.69 Å². The van der Waals surface area contributed by atoms with Gasteiger partial charge in [-0.3, -0.25) is 4.98 Å². The highest BCUT2D eigenvalue weighted by Gasteiger charge is 1.99. The molecule has 0 saturated heterocycles. The summed E-state index contributed by atoms with van der Waals surface area (Å²) in [6.07, 6.45) is 1.81. The molecule has 0 radical (unpaired) electrons. The van der Waals surface area contributed by atoms with Gasteiger partial charge in [-0.15, -0.1) is 11.3 Å². The molecule has 3 rings (SSSR count). The van der Waals surface area contributed by atoms with Gasteiger partial charge in [-0.25, -0.2) is 4.98 Å². The topological polar surface area (TPSA) is 37.8 Å². The Labute approximate surface area is 103 Å². The van der Waals surface area contributed by atoms with Crippen LogP contribution < -0.4 is 5.32 Å². The minimum atomic E-state index is 0.741. The number of aromatic nitrogens is 2. The van der Waals surface area contributed by atoms with Crippen molar-refractivity contribution in [2.45, 2.75) is 6.54 Å². The molecule has 4 heteroatoms. The number of nitrogens with zero attached hydrogens (tertiary/aromatic N) is 2. The first-order valence-corrected chi connectivity index (χ1v) is 6.27. The standard InChI is InChI=1S/C13H11N3S/c1-2-6-14-11(3-1)8-15-10-4-5-12-13(7-10)17-9-16-12/h1-7,9,15H,8H2. The summed E-state index contributed by atoms with van der Waals surface area (Å²) < 4.78 is 1.20. The van der Waals surface area contributed by atoms with Crippen LogP contribution in [0.2, 0.25) is 0 Å². The molecule has 0 fully saturated rings. The summed E-state index contributed by atoms with van der Waals surface area (Å²) in [6, 6.07) is 12.1. The van der Waals surface area contributed by atoms with E-state index in [0.717, 1.165) is 23.4 Å².